The smallest absolute Gasteiger partial charge is 0.261 e. The Bertz CT molecular complexity index is 1230. The minimum absolute atomic E-state index is 0.0334. The average Bonchev–Trinajstić information content (AvgIpc) is 2.84. The normalized spacial score (nSPS) is 15.4. The Morgan fingerprint density at radius 3 is 2.44 bits per heavy atom. The minimum Gasteiger partial charge on any atom is -0.379 e. The number of amides is 1. The van der Waals surface area contributed by atoms with Gasteiger partial charge in [-0.15, -0.1) is 0 Å². The van der Waals surface area contributed by atoms with Gasteiger partial charge in [0.15, 0.2) is 0 Å². The summed E-state index contributed by atoms with van der Waals surface area (Å²) >= 11 is 0. The summed E-state index contributed by atoms with van der Waals surface area (Å²) in [6, 6.07) is 22.8. The summed E-state index contributed by atoms with van der Waals surface area (Å²) < 4.78 is 33.9. The van der Waals surface area contributed by atoms with Crippen LogP contribution in [0.3, 0.4) is 0 Å². The fourth-order valence-electron chi connectivity index (χ4n) is 3.93. The first-order valence-corrected chi connectivity index (χ1v) is 12.7. The van der Waals surface area contributed by atoms with Gasteiger partial charge in [0.1, 0.15) is 0 Å². The number of nitrogens with zero attached hydrogens (tertiary/aromatic N) is 1. The van der Waals surface area contributed by atoms with Crippen LogP contribution >= 0.6 is 0 Å². The molecule has 0 bridgehead atoms. The molecule has 3 aromatic rings. The zero-order valence-electron chi connectivity index (χ0n) is 19.1. The van der Waals surface area contributed by atoms with Crippen molar-refractivity contribution < 1.29 is 17.9 Å². The van der Waals surface area contributed by atoms with Gasteiger partial charge in [-0.3, -0.25) is 14.4 Å². The Morgan fingerprint density at radius 2 is 1.71 bits per heavy atom. The van der Waals surface area contributed by atoms with E-state index in [0.29, 0.717) is 25.4 Å². The predicted molar refractivity (Wildman–Crippen MR) is 132 cm³/mol. The van der Waals surface area contributed by atoms with Crippen molar-refractivity contribution in [1.82, 2.24) is 10.2 Å². The van der Waals surface area contributed by atoms with E-state index >= 15 is 0 Å². The van der Waals surface area contributed by atoms with Crippen molar-refractivity contribution in [2.45, 2.75) is 17.9 Å². The molecule has 1 aliphatic rings. The molecular formula is C26H29N3O4S. The Labute approximate surface area is 200 Å². The number of anilines is 1. The Morgan fingerprint density at radius 1 is 0.971 bits per heavy atom. The van der Waals surface area contributed by atoms with Gasteiger partial charge in [0.2, 0.25) is 0 Å². The Hall–Kier alpha value is -3.20. The Kier molecular flexibility index (Phi) is 7.62. The van der Waals surface area contributed by atoms with Crippen LogP contribution in [-0.4, -0.2) is 52.1 Å². The van der Waals surface area contributed by atoms with Gasteiger partial charge in [0.25, 0.3) is 15.9 Å². The summed E-state index contributed by atoms with van der Waals surface area (Å²) in [7, 11) is -3.84. The number of benzene rings is 3. The van der Waals surface area contributed by atoms with Crippen molar-refractivity contribution >= 4 is 21.6 Å². The largest absolute Gasteiger partial charge is 0.379 e. The molecule has 1 amide bonds. The fourth-order valence-corrected chi connectivity index (χ4v) is 5.03. The standard InChI is InChI=1S/C26H29N3O4S/c1-20-7-5-11-23(17-20)28-34(31,32)24-12-6-10-22(18-24)26(30)27-25(21-8-3-2-4-9-21)19-29-13-15-33-16-14-29/h2-12,17-18,25,28H,13-16,19H2,1H3,(H,27,30)/t25-/m0/s1. The highest BCUT2D eigenvalue weighted by Gasteiger charge is 2.22. The van der Waals surface area contributed by atoms with Crippen LogP contribution in [0.4, 0.5) is 5.69 Å². The van der Waals surface area contributed by atoms with Crippen LogP contribution in [0, 0.1) is 6.92 Å². The second-order valence-corrected chi connectivity index (χ2v) is 10.0. The molecule has 2 N–H and O–H groups in total. The van der Waals surface area contributed by atoms with Gasteiger partial charge >= 0.3 is 0 Å². The molecule has 0 aromatic heterocycles. The van der Waals surface area contributed by atoms with Gasteiger partial charge in [-0.05, 0) is 48.4 Å². The molecule has 4 rings (SSSR count). The first-order valence-electron chi connectivity index (χ1n) is 11.3. The molecule has 0 saturated carbocycles. The highest BCUT2D eigenvalue weighted by molar-refractivity contribution is 7.92. The monoisotopic (exact) mass is 479 g/mol. The third-order valence-electron chi connectivity index (χ3n) is 5.73. The number of carbonyl (C=O) groups is 1. The van der Waals surface area contributed by atoms with Crippen LogP contribution in [0.25, 0.3) is 0 Å². The molecule has 8 heteroatoms. The zero-order chi connectivity index (χ0) is 24.0. The number of nitrogens with one attached hydrogen (secondary N) is 2. The molecule has 1 fully saturated rings. The van der Waals surface area contributed by atoms with Crippen molar-refractivity contribution in [2.24, 2.45) is 0 Å². The molecule has 178 valence electrons. The first kappa shape index (κ1) is 23.9. The quantitative estimate of drug-likeness (QED) is 0.516. The van der Waals surface area contributed by atoms with Crippen LogP contribution in [0.5, 0.6) is 0 Å². The number of ether oxygens (including phenoxy) is 1. The van der Waals surface area contributed by atoms with E-state index in [4.69, 9.17) is 4.74 Å². The highest BCUT2D eigenvalue weighted by atomic mass is 32.2. The lowest BCUT2D eigenvalue weighted by Gasteiger charge is -2.31. The van der Waals surface area contributed by atoms with E-state index in [1.807, 2.05) is 43.3 Å². The molecule has 0 unspecified atom stereocenters. The van der Waals surface area contributed by atoms with Gasteiger partial charge in [0, 0.05) is 30.9 Å². The maximum Gasteiger partial charge on any atom is 0.261 e. The molecular weight excluding hydrogens is 450 g/mol. The lowest BCUT2D eigenvalue weighted by Crippen LogP contribution is -2.43. The van der Waals surface area contributed by atoms with Crippen molar-refractivity contribution in [1.29, 1.82) is 0 Å². The second-order valence-electron chi connectivity index (χ2n) is 8.35. The highest BCUT2D eigenvalue weighted by Crippen LogP contribution is 2.20. The van der Waals surface area contributed by atoms with Crippen molar-refractivity contribution in [3.05, 3.63) is 95.6 Å². The van der Waals surface area contributed by atoms with Crippen LogP contribution < -0.4 is 10.0 Å². The van der Waals surface area contributed by atoms with Crippen LogP contribution in [-0.2, 0) is 14.8 Å². The number of carbonyl (C=O) groups excluding carboxylic acids is 1. The van der Waals surface area contributed by atoms with E-state index in [1.165, 1.54) is 12.1 Å². The number of morpholine rings is 1. The zero-order valence-corrected chi connectivity index (χ0v) is 19.9. The lowest BCUT2D eigenvalue weighted by atomic mass is 10.1. The molecule has 34 heavy (non-hydrogen) atoms. The first-order chi connectivity index (χ1) is 16.4. The van der Waals surface area contributed by atoms with Crippen LogP contribution in [0.2, 0.25) is 0 Å². The second kappa shape index (κ2) is 10.8. The summed E-state index contributed by atoms with van der Waals surface area (Å²) in [6.07, 6.45) is 0. The molecule has 7 nitrogen and oxygen atoms in total. The summed E-state index contributed by atoms with van der Waals surface area (Å²) in [5, 5.41) is 3.10. The Balaban J connectivity index is 1.52. The van der Waals surface area contributed by atoms with Crippen molar-refractivity contribution in [3.63, 3.8) is 0 Å². The van der Waals surface area contributed by atoms with E-state index in [1.54, 1.807) is 30.3 Å². The molecule has 0 aliphatic carbocycles. The predicted octanol–water partition coefficient (Wildman–Crippen LogP) is 3.60. The topological polar surface area (TPSA) is 87.7 Å². The maximum atomic E-state index is 13.2. The van der Waals surface area contributed by atoms with Crippen LogP contribution in [0.15, 0.2) is 83.8 Å². The van der Waals surface area contributed by atoms with E-state index < -0.39 is 10.0 Å². The van der Waals surface area contributed by atoms with Gasteiger partial charge in [-0.25, -0.2) is 8.42 Å². The van der Waals surface area contributed by atoms with Gasteiger partial charge < -0.3 is 10.1 Å². The molecule has 0 spiro atoms. The molecule has 1 heterocycles. The minimum atomic E-state index is -3.84. The molecule has 1 aliphatic heterocycles. The number of rotatable bonds is 8. The summed E-state index contributed by atoms with van der Waals surface area (Å²) in [4.78, 5) is 15.5. The SMILES string of the molecule is Cc1cccc(NS(=O)(=O)c2cccc(C(=O)N[C@@H](CN3CCOCC3)c3ccccc3)c2)c1. The van der Waals surface area contributed by atoms with Gasteiger partial charge in [-0.1, -0.05) is 48.5 Å². The maximum absolute atomic E-state index is 13.2. The molecule has 0 radical (unpaired) electrons. The third kappa shape index (κ3) is 6.22. The molecule has 3 aromatic carbocycles. The van der Waals surface area contributed by atoms with Crippen molar-refractivity contribution in [3.8, 4) is 0 Å². The average molecular weight is 480 g/mol. The van der Waals surface area contributed by atoms with Crippen molar-refractivity contribution in [2.75, 3.05) is 37.6 Å². The number of sulfonamides is 1. The third-order valence-corrected chi connectivity index (χ3v) is 7.11. The lowest BCUT2D eigenvalue weighted by molar-refractivity contribution is 0.0332. The number of hydrogen-bond donors (Lipinski definition) is 2. The van der Waals surface area contributed by atoms with E-state index in [-0.39, 0.29) is 22.4 Å². The van der Waals surface area contributed by atoms with E-state index in [0.717, 1.165) is 24.2 Å². The number of hydrogen-bond acceptors (Lipinski definition) is 5. The van der Waals surface area contributed by atoms with E-state index in [2.05, 4.69) is 14.9 Å². The van der Waals surface area contributed by atoms with E-state index in [9.17, 15) is 13.2 Å². The molecule has 1 saturated heterocycles. The van der Waals surface area contributed by atoms with Gasteiger partial charge in [0.05, 0.1) is 24.2 Å². The van der Waals surface area contributed by atoms with Gasteiger partial charge in [-0.2, -0.15) is 0 Å². The summed E-state index contributed by atoms with van der Waals surface area (Å²) in [5.41, 5.74) is 2.70. The number of aryl methyl sites for hydroxylation is 1. The van der Waals surface area contributed by atoms with Crippen LogP contribution in [0.1, 0.15) is 27.5 Å². The molecule has 1 atom stereocenters. The summed E-state index contributed by atoms with van der Waals surface area (Å²) in [5.74, 6) is -0.324. The summed E-state index contributed by atoms with van der Waals surface area (Å²) in [6.45, 7) is 5.48. The fraction of sp³-hybridized carbons (Fsp3) is 0.269.